The molecule has 0 aliphatic carbocycles. The Hall–Kier alpha value is -2.28. The van der Waals surface area contributed by atoms with Crippen LogP contribution in [0.2, 0.25) is 0 Å². The Morgan fingerprint density at radius 1 is 1.17 bits per heavy atom. The average Bonchev–Trinajstić information content (AvgIpc) is 3.06. The van der Waals surface area contributed by atoms with Crippen LogP contribution in [0.25, 0.3) is 10.2 Å². The predicted molar refractivity (Wildman–Crippen MR) is 97.8 cm³/mol. The summed E-state index contributed by atoms with van der Waals surface area (Å²) in [4.78, 5) is 22.3. The number of pyridine rings is 1. The molecule has 0 N–H and O–H groups in total. The second-order valence-electron chi connectivity index (χ2n) is 6.23. The van der Waals surface area contributed by atoms with Gasteiger partial charge in [-0.1, -0.05) is 11.3 Å². The summed E-state index contributed by atoms with van der Waals surface area (Å²) in [7, 11) is 2.09. The van der Waals surface area contributed by atoms with E-state index in [0.29, 0.717) is 6.04 Å². The maximum Gasteiger partial charge on any atom is 0.225 e. The summed E-state index contributed by atoms with van der Waals surface area (Å²) in [6.07, 6.45) is 9.59. The van der Waals surface area contributed by atoms with Gasteiger partial charge < -0.3 is 9.80 Å². The standard InChI is InChI=1S/C17H20N6S/c1-12-9-19-16(20-10-12)22(2)13-4-7-23(8-5-13)17-21-14-11-18-6-3-15(14)24-17/h3,6,9-11,13H,4-5,7-8H2,1-2H3. The number of aryl methyl sites for hydroxylation is 1. The molecule has 3 aromatic heterocycles. The van der Waals surface area contributed by atoms with E-state index in [1.54, 1.807) is 11.3 Å². The van der Waals surface area contributed by atoms with Gasteiger partial charge in [0.25, 0.3) is 0 Å². The van der Waals surface area contributed by atoms with Crippen LogP contribution in [0, 0.1) is 6.92 Å². The zero-order chi connectivity index (χ0) is 16.5. The van der Waals surface area contributed by atoms with Crippen LogP contribution < -0.4 is 9.80 Å². The molecule has 1 aliphatic rings. The number of thiazole rings is 1. The highest BCUT2D eigenvalue weighted by atomic mass is 32.1. The molecule has 0 spiro atoms. The van der Waals surface area contributed by atoms with Gasteiger partial charge in [0.05, 0.1) is 10.9 Å². The van der Waals surface area contributed by atoms with E-state index in [1.165, 1.54) is 4.70 Å². The molecule has 0 aromatic carbocycles. The van der Waals surface area contributed by atoms with Gasteiger partial charge in [0, 0.05) is 44.8 Å². The van der Waals surface area contributed by atoms with Crippen molar-refractivity contribution in [3.63, 3.8) is 0 Å². The molecule has 1 fully saturated rings. The lowest BCUT2D eigenvalue weighted by atomic mass is 10.0. The fourth-order valence-corrected chi connectivity index (χ4v) is 4.06. The molecule has 7 heteroatoms. The first-order valence-corrected chi connectivity index (χ1v) is 8.99. The number of piperidine rings is 1. The monoisotopic (exact) mass is 340 g/mol. The first-order chi connectivity index (χ1) is 11.7. The van der Waals surface area contributed by atoms with Crippen LogP contribution in [0.3, 0.4) is 0 Å². The number of fused-ring (bicyclic) bond motifs is 1. The number of hydrogen-bond donors (Lipinski definition) is 0. The quantitative estimate of drug-likeness (QED) is 0.731. The molecule has 4 rings (SSSR count). The molecule has 0 amide bonds. The zero-order valence-electron chi connectivity index (χ0n) is 13.9. The first kappa shape index (κ1) is 15.3. The van der Waals surface area contributed by atoms with Crippen LogP contribution >= 0.6 is 11.3 Å². The Balaban J connectivity index is 1.43. The molecule has 0 radical (unpaired) electrons. The van der Waals surface area contributed by atoms with Crippen LogP contribution in [0.1, 0.15) is 18.4 Å². The molecule has 3 aromatic rings. The fourth-order valence-electron chi connectivity index (χ4n) is 3.08. The van der Waals surface area contributed by atoms with Crippen molar-refractivity contribution < 1.29 is 0 Å². The fraction of sp³-hybridized carbons (Fsp3) is 0.412. The van der Waals surface area contributed by atoms with Gasteiger partial charge in [0.1, 0.15) is 5.52 Å². The van der Waals surface area contributed by atoms with Crippen LogP contribution in [-0.2, 0) is 0 Å². The Kier molecular flexibility index (Phi) is 4.02. The van der Waals surface area contributed by atoms with Gasteiger partial charge in [-0.25, -0.2) is 15.0 Å². The van der Waals surface area contributed by atoms with Gasteiger partial charge >= 0.3 is 0 Å². The van der Waals surface area contributed by atoms with Crippen molar-refractivity contribution in [2.75, 3.05) is 29.9 Å². The van der Waals surface area contributed by atoms with Crippen molar-refractivity contribution in [1.29, 1.82) is 0 Å². The third-order valence-corrected chi connectivity index (χ3v) is 5.64. The molecule has 0 bridgehead atoms. The molecular weight excluding hydrogens is 320 g/mol. The smallest absolute Gasteiger partial charge is 0.225 e. The minimum absolute atomic E-state index is 0.472. The summed E-state index contributed by atoms with van der Waals surface area (Å²) in [5, 5.41) is 1.10. The second kappa shape index (κ2) is 6.32. The number of aromatic nitrogens is 4. The first-order valence-electron chi connectivity index (χ1n) is 8.18. The second-order valence-corrected chi connectivity index (χ2v) is 7.24. The van der Waals surface area contributed by atoms with Crippen LogP contribution in [0.15, 0.2) is 30.9 Å². The third kappa shape index (κ3) is 2.91. The minimum Gasteiger partial charge on any atom is -0.348 e. The highest BCUT2D eigenvalue weighted by Crippen LogP contribution is 2.30. The molecule has 6 nitrogen and oxygen atoms in total. The van der Waals surface area contributed by atoms with Crippen LogP contribution in [-0.4, -0.2) is 46.1 Å². The normalized spacial score (nSPS) is 15.8. The Morgan fingerprint density at radius 3 is 2.62 bits per heavy atom. The Labute approximate surface area is 145 Å². The molecule has 124 valence electrons. The molecule has 4 heterocycles. The molecule has 0 unspecified atom stereocenters. The number of anilines is 2. The minimum atomic E-state index is 0.472. The lowest BCUT2D eigenvalue weighted by molar-refractivity contribution is 0.477. The van der Waals surface area contributed by atoms with Crippen LogP contribution in [0.4, 0.5) is 11.1 Å². The number of hydrogen-bond acceptors (Lipinski definition) is 7. The third-order valence-electron chi connectivity index (χ3n) is 4.54. The molecular formula is C17H20N6S. The van der Waals surface area contributed by atoms with E-state index in [0.717, 1.165) is 48.1 Å². The van der Waals surface area contributed by atoms with Crippen molar-refractivity contribution in [3.8, 4) is 0 Å². The summed E-state index contributed by atoms with van der Waals surface area (Å²) >= 11 is 1.75. The van der Waals surface area contributed by atoms with E-state index in [9.17, 15) is 0 Å². The molecule has 0 saturated carbocycles. The average molecular weight is 340 g/mol. The number of nitrogens with zero attached hydrogens (tertiary/aromatic N) is 6. The molecule has 1 saturated heterocycles. The van der Waals surface area contributed by atoms with E-state index >= 15 is 0 Å². The zero-order valence-corrected chi connectivity index (χ0v) is 14.7. The van der Waals surface area contributed by atoms with Gasteiger partial charge in [-0.2, -0.15) is 0 Å². The van der Waals surface area contributed by atoms with Gasteiger partial charge in [0.2, 0.25) is 5.95 Å². The van der Waals surface area contributed by atoms with E-state index in [1.807, 2.05) is 37.8 Å². The highest BCUT2D eigenvalue weighted by Gasteiger charge is 2.25. The maximum atomic E-state index is 4.72. The van der Waals surface area contributed by atoms with E-state index < -0.39 is 0 Å². The van der Waals surface area contributed by atoms with Crippen LogP contribution in [0.5, 0.6) is 0 Å². The maximum absolute atomic E-state index is 4.72. The molecule has 24 heavy (non-hydrogen) atoms. The van der Waals surface area contributed by atoms with E-state index in [2.05, 4.69) is 31.8 Å². The SMILES string of the molecule is Cc1cnc(N(C)C2CCN(c3nc4cnccc4s3)CC2)nc1. The van der Waals surface area contributed by atoms with Crippen molar-refractivity contribution in [2.24, 2.45) is 0 Å². The largest absolute Gasteiger partial charge is 0.348 e. The van der Waals surface area contributed by atoms with Crippen molar-refractivity contribution in [1.82, 2.24) is 19.9 Å². The summed E-state index contributed by atoms with van der Waals surface area (Å²) in [5.74, 6) is 0.810. The Morgan fingerprint density at radius 2 is 1.92 bits per heavy atom. The lowest BCUT2D eigenvalue weighted by Gasteiger charge is -2.36. The summed E-state index contributed by atoms with van der Waals surface area (Å²) in [6.45, 7) is 4.03. The summed E-state index contributed by atoms with van der Waals surface area (Å²) in [6, 6.07) is 2.51. The van der Waals surface area contributed by atoms with Gasteiger partial charge in [-0.15, -0.1) is 0 Å². The van der Waals surface area contributed by atoms with Crippen molar-refractivity contribution >= 4 is 32.6 Å². The van der Waals surface area contributed by atoms with E-state index in [-0.39, 0.29) is 0 Å². The van der Waals surface area contributed by atoms with Gasteiger partial charge in [0.15, 0.2) is 5.13 Å². The lowest BCUT2D eigenvalue weighted by Crippen LogP contribution is -2.44. The predicted octanol–water partition coefficient (Wildman–Crippen LogP) is 2.89. The highest BCUT2D eigenvalue weighted by molar-refractivity contribution is 7.22. The van der Waals surface area contributed by atoms with Gasteiger partial charge in [-0.05, 0) is 31.4 Å². The van der Waals surface area contributed by atoms with Gasteiger partial charge in [-0.3, -0.25) is 4.98 Å². The molecule has 0 atom stereocenters. The summed E-state index contributed by atoms with van der Waals surface area (Å²) in [5.41, 5.74) is 2.08. The number of rotatable bonds is 3. The van der Waals surface area contributed by atoms with E-state index in [4.69, 9.17) is 4.98 Å². The topological polar surface area (TPSA) is 58.0 Å². The Bertz CT molecular complexity index is 789. The van der Waals surface area contributed by atoms with Crippen molar-refractivity contribution in [3.05, 3.63) is 36.4 Å². The molecule has 1 aliphatic heterocycles. The van der Waals surface area contributed by atoms with Crippen molar-refractivity contribution in [2.45, 2.75) is 25.8 Å². The summed E-state index contributed by atoms with van der Waals surface area (Å²) < 4.78 is 1.20.